The van der Waals surface area contributed by atoms with Gasteiger partial charge in [0.1, 0.15) is 23.8 Å². The van der Waals surface area contributed by atoms with E-state index >= 15 is 0 Å². The van der Waals surface area contributed by atoms with E-state index in [9.17, 15) is 9.59 Å². The Morgan fingerprint density at radius 1 is 1.29 bits per heavy atom. The molecular weight excluding hydrogens is 312 g/mol. The molecule has 24 heavy (non-hydrogen) atoms. The first-order valence-corrected chi connectivity index (χ1v) is 7.80. The van der Waals surface area contributed by atoms with Crippen molar-refractivity contribution < 1.29 is 4.79 Å². The van der Waals surface area contributed by atoms with Gasteiger partial charge in [-0.1, -0.05) is 0 Å². The van der Waals surface area contributed by atoms with E-state index in [-0.39, 0.29) is 11.6 Å². The fourth-order valence-corrected chi connectivity index (χ4v) is 2.47. The van der Waals surface area contributed by atoms with Crippen molar-refractivity contribution in [2.45, 2.75) is 12.8 Å². The maximum Gasteiger partial charge on any atom is 0.340 e. The normalized spacial score (nSPS) is 15.0. The number of likely N-dealkylation sites (N-methyl/N-ethyl adjacent to an activating group) is 1. The zero-order chi connectivity index (χ0) is 16.9. The molecule has 1 aliphatic rings. The summed E-state index contributed by atoms with van der Waals surface area (Å²) < 4.78 is 0. The second-order valence-corrected chi connectivity index (χ2v) is 5.65. The molecule has 2 aromatic heterocycles. The molecule has 0 aromatic carbocycles. The van der Waals surface area contributed by atoms with E-state index < -0.39 is 0 Å². The van der Waals surface area contributed by atoms with Gasteiger partial charge >= 0.3 is 5.69 Å². The number of amides is 1. The molecule has 3 heterocycles. The van der Waals surface area contributed by atoms with Crippen LogP contribution in [-0.2, 0) is 11.2 Å². The number of hydrogen-bond acceptors (Lipinski definition) is 7. The molecule has 10 heteroatoms. The lowest BCUT2D eigenvalue weighted by Gasteiger charge is -2.32. The molecule has 3 rings (SSSR count). The summed E-state index contributed by atoms with van der Waals surface area (Å²) >= 11 is 0. The highest BCUT2D eigenvalue weighted by Crippen LogP contribution is 2.16. The maximum absolute atomic E-state index is 11.8. The zero-order valence-electron chi connectivity index (χ0n) is 13.4. The van der Waals surface area contributed by atoms with Crippen molar-refractivity contribution in [2.75, 3.05) is 43.4 Å². The van der Waals surface area contributed by atoms with Crippen LogP contribution < -0.4 is 15.9 Å². The summed E-state index contributed by atoms with van der Waals surface area (Å²) in [5.41, 5.74) is -0.292. The molecule has 1 fully saturated rings. The smallest absolute Gasteiger partial charge is 0.340 e. The zero-order valence-corrected chi connectivity index (χ0v) is 13.4. The molecule has 0 radical (unpaired) electrons. The number of nitrogens with one attached hydrogen (secondary N) is 3. The third kappa shape index (κ3) is 3.89. The van der Waals surface area contributed by atoms with Crippen LogP contribution in [0.15, 0.2) is 17.2 Å². The minimum absolute atomic E-state index is 0.0855. The van der Waals surface area contributed by atoms with Gasteiger partial charge in [-0.3, -0.25) is 9.78 Å². The Morgan fingerprint density at radius 2 is 2.17 bits per heavy atom. The number of aromatic nitrogens is 5. The summed E-state index contributed by atoms with van der Waals surface area (Å²) in [4.78, 5) is 37.5. The topological polar surface area (TPSA) is 123 Å². The number of anilines is 2. The summed E-state index contributed by atoms with van der Waals surface area (Å²) in [7, 11) is 1.80. The van der Waals surface area contributed by atoms with E-state index in [1.165, 1.54) is 6.33 Å². The van der Waals surface area contributed by atoms with E-state index in [0.717, 1.165) is 18.8 Å². The molecule has 128 valence electrons. The summed E-state index contributed by atoms with van der Waals surface area (Å²) in [5, 5.41) is 9.42. The third-order valence-electron chi connectivity index (χ3n) is 3.88. The van der Waals surface area contributed by atoms with Gasteiger partial charge in [0.25, 0.3) is 0 Å². The summed E-state index contributed by atoms with van der Waals surface area (Å²) in [6, 6.07) is 1.84. The number of nitrogens with zero attached hydrogens (tertiary/aromatic N) is 5. The Labute approximate surface area is 138 Å². The monoisotopic (exact) mass is 332 g/mol. The predicted molar refractivity (Wildman–Crippen MR) is 87.9 cm³/mol. The number of rotatable bonds is 6. The standard InChI is InChI=1S/C14H20N8O2/c1-21-5-6-22(8-13(21)23)12-7-11(16-9-17-12)15-4-2-3-10-18-14(24)20-19-10/h7,9H,2-6,8H2,1H3,(H,15,16,17)(H2,18,19,20,24). The molecule has 0 aliphatic carbocycles. The Bertz CT molecular complexity index is 755. The highest BCUT2D eigenvalue weighted by molar-refractivity contribution is 5.82. The maximum atomic E-state index is 11.8. The van der Waals surface area contributed by atoms with Gasteiger partial charge in [0.15, 0.2) is 0 Å². The molecule has 0 bridgehead atoms. The predicted octanol–water partition coefficient (Wildman–Crippen LogP) is -0.789. The van der Waals surface area contributed by atoms with Crippen molar-refractivity contribution >= 4 is 17.5 Å². The van der Waals surface area contributed by atoms with Crippen molar-refractivity contribution in [1.29, 1.82) is 0 Å². The van der Waals surface area contributed by atoms with Gasteiger partial charge in [0, 0.05) is 39.2 Å². The van der Waals surface area contributed by atoms with Crippen LogP contribution in [0.5, 0.6) is 0 Å². The Morgan fingerprint density at radius 3 is 2.92 bits per heavy atom. The van der Waals surface area contributed by atoms with Crippen LogP contribution in [0.1, 0.15) is 12.2 Å². The van der Waals surface area contributed by atoms with Gasteiger partial charge in [0.05, 0.1) is 6.54 Å². The number of H-pyrrole nitrogens is 2. The van der Waals surface area contributed by atoms with Gasteiger partial charge in [-0.25, -0.2) is 19.9 Å². The fraction of sp³-hybridized carbons (Fsp3) is 0.500. The molecule has 2 aromatic rings. The van der Waals surface area contributed by atoms with Crippen LogP contribution >= 0.6 is 0 Å². The highest BCUT2D eigenvalue weighted by atomic mass is 16.2. The van der Waals surface area contributed by atoms with E-state index in [0.29, 0.717) is 37.7 Å². The summed E-state index contributed by atoms with van der Waals surface area (Å²) in [6.45, 7) is 2.46. The molecule has 1 amide bonds. The minimum Gasteiger partial charge on any atom is -0.370 e. The van der Waals surface area contributed by atoms with Crippen LogP contribution in [0.3, 0.4) is 0 Å². The fourth-order valence-electron chi connectivity index (χ4n) is 2.47. The third-order valence-corrected chi connectivity index (χ3v) is 3.88. The van der Waals surface area contributed by atoms with E-state index in [4.69, 9.17) is 0 Å². The molecule has 1 saturated heterocycles. The van der Waals surface area contributed by atoms with E-state index in [1.807, 2.05) is 11.0 Å². The van der Waals surface area contributed by atoms with Gasteiger partial charge < -0.3 is 15.1 Å². The number of carbonyl (C=O) groups excluding carboxylic acids is 1. The van der Waals surface area contributed by atoms with Crippen molar-refractivity contribution in [3.63, 3.8) is 0 Å². The molecule has 3 N–H and O–H groups in total. The SMILES string of the molecule is CN1CCN(c2cc(NCCCc3n[nH]c(=O)[nH]3)ncn2)CC1=O. The lowest BCUT2D eigenvalue weighted by Crippen LogP contribution is -2.48. The molecule has 10 nitrogen and oxygen atoms in total. The minimum atomic E-state index is -0.292. The van der Waals surface area contributed by atoms with Crippen molar-refractivity contribution in [3.8, 4) is 0 Å². The Balaban J connectivity index is 1.51. The number of hydrogen-bond donors (Lipinski definition) is 3. The number of aryl methyl sites for hydroxylation is 1. The molecule has 0 spiro atoms. The second-order valence-electron chi connectivity index (χ2n) is 5.65. The van der Waals surface area contributed by atoms with Gasteiger partial charge in [-0.05, 0) is 6.42 Å². The van der Waals surface area contributed by atoms with E-state index in [2.05, 4.69) is 30.5 Å². The van der Waals surface area contributed by atoms with Crippen LogP contribution in [-0.4, -0.2) is 69.2 Å². The van der Waals surface area contributed by atoms with Crippen molar-refractivity contribution in [2.24, 2.45) is 0 Å². The number of aromatic amines is 2. The molecule has 0 unspecified atom stereocenters. The quantitative estimate of drug-likeness (QED) is 0.592. The van der Waals surface area contributed by atoms with Gasteiger partial charge in [0.2, 0.25) is 5.91 Å². The van der Waals surface area contributed by atoms with Crippen LogP contribution in [0.25, 0.3) is 0 Å². The van der Waals surface area contributed by atoms with Crippen LogP contribution in [0.2, 0.25) is 0 Å². The lowest BCUT2D eigenvalue weighted by molar-refractivity contribution is -0.129. The number of carbonyl (C=O) groups is 1. The Hall–Kier alpha value is -2.91. The summed E-state index contributed by atoms with van der Waals surface area (Å²) in [5.74, 6) is 2.18. The first kappa shape index (κ1) is 16.0. The first-order valence-electron chi connectivity index (χ1n) is 7.80. The second kappa shape index (κ2) is 7.11. The van der Waals surface area contributed by atoms with Crippen LogP contribution in [0, 0.1) is 0 Å². The number of piperazine rings is 1. The first-order chi connectivity index (χ1) is 11.6. The van der Waals surface area contributed by atoms with Crippen LogP contribution in [0.4, 0.5) is 11.6 Å². The molecule has 1 aliphatic heterocycles. The van der Waals surface area contributed by atoms with Crippen molar-refractivity contribution in [1.82, 2.24) is 30.0 Å². The molecule has 0 saturated carbocycles. The van der Waals surface area contributed by atoms with Crippen molar-refractivity contribution in [3.05, 3.63) is 28.7 Å². The molecular formula is C14H20N8O2. The average Bonchev–Trinajstić information content (AvgIpc) is 3.00. The van der Waals surface area contributed by atoms with Gasteiger partial charge in [-0.2, -0.15) is 5.10 Å². The summed E-state index contributed by atoms with van der Waals surface area (Å²) in [6.07, 6.45) is 2.95. The average molecular weight is 332 g/mol. The van der Waals surface area contributed by atoms with E-state index in [1.54, 1.807) is 11.9 Å². The Kier molecular flexibility index (Phi) is 4.73. The molecule has 0 atom stereocenters. The van der Waals surface area contributed by atoms with Gasteiger partial charge in [-0.15, -0.1) is 0 Å². The highest BCUT2D eigenvalue weighted by Gasteiger charge is 2.22. The lowest BCUT2D eigenvalue weighted by atomic mass is 10.3. The largest absolute Gasteiger partial charge is 0.370 e.